The first kappa shape index (κ1) is 24.7. The summed E-state index contributed by atoms with van der Waals surface area (Å²) in [6, 6.07) is 3.85. The Hall–Kier alpha value is -2.54. The van der Waals surface area contributed by atoms with Crippen LogP contribution in [0.5, 0.6) is 11.5 Å². The van der Waals surface area contributed by atoms with Crippen molar-refractivity contribution in [1.29, 1.82) is 0 Å². The third kappa shape index (κ3) is 8.61. The molecule has 0 aliphatic carbocycles. The first-order valence-corrected chi connectivity index (χ1v) is 12.8. The molecule has 11 nitrogen and oxygen atoms in total. The van der Waals surface area contributed by atoms with Crippen LogP contribution in [-0.2, 0) is 36.3 Å². The fourth-order valence-corrected chi connectivity index (χ4v) is 3.64. The molecular weight excluding hydrogens is 452 g/mol. The lowest BCUT2D eigenvalue weighted by Gasteiger charge is -2.35. The number of hydrogen-bond acceptors (Lipinski definition) is 9. The molecule has 1 aromatic carbocycles. The van der Waals surface area contributed by atoms with E-state index in [4.69, 9.17) is 13.1 Å². The zero-order valence-corrected chi connectivity index (χ0v) is 19.6. The van der Waals surface area contributed by atoms with Gasteiger partial charge in [-0.15, -0.1) is 0 Å². The summed E-state index contributed by atoms with van der Waals surface area (Å²) >= 11 is 0. The van der Waals surface area contributed by atoms with Crippen molar-refractivity contribution in [3.63, 3.8) is 0 Å². The molecule has 13 heteroatoms. The molecular formula is C18H26N2O9S2. The predicted octanol–water partition coefficient (Wildman–Crippen LogP) is 0.943. The second-order valence-corrected chi connectivity index (χ2v) is 11.3. The molecule has 0 spiro atoms. The Morgan fingerprint density at radius 1 is 0.968 bits per heavy atom. The molecule has 0 aromatic heterocycles. The Kier molecular flexibility index (Phi) is 7.10. The van der Waals surface area contributed by atoms with Crippen molar-refractivity contribution in [2.75, 3.05) is 32.1 Å². The Morgan fingerprint density at radius 2 is 1.48 bits per heavy atom. The van der Waals surface area contributed by atoms with Crippen LogP contribution >= 0.6 is 0 Å². The molecule has 1 aromatic rings. The van der Waals surface area contributed by atoms with Gasteiger partial charge in [-0.2, -0.15) is 16.8 Å². The van der Waals surface area contributed by atoms with E-state index in [-0.39, 0.29) is 43.6 Å². The topological polar surface area (TPSA) is 137 Å². The van der Waals surface area contributed by atoms with Crippen LogP contribution in [0, 0.1) is 0 Å². The van der Waals surface area contributed by atoms with Crippen LogP contribution in [0.4, 0.5) is 4.79 Å². The van der Waals surface area contributed by atoms with Crippen LogP contribution in [0.25, 0.3) is 0 Å². The second-order valence-electron chi connectivity index (χ2n) is 8.10. The molecule has 0 atom stereocenters. The SMILES string of the molecule is CC(C)(C)OC(=O)N1CCN(Cc2cc(OS(C)(=O)=O)cc(OS(C)(=O)=O)c2)C(=O)C1. The number of ether oxygens (including phenoxy) is 1. The standard InChI is InChI=1S/C18H26N2O9S2/c1-18(2,3)27-17(22)20-7-6-19(16(21)12-20)11-13-8-14(28-30(4,23)24)10-15(9-13)29-31(5,25)26/h8-10H,6-7,11-12H2,1-5H3. The van der Waals surface area contributed by atoms with E-state index >= 15 is 0 Å². The lowest BCUT2D eigenvalue weighted by molar-refractivity contribution is -0.136. The molecule has 1 aliphatic heterocycles. The molecule has 31 heavy (non-hydrogen) atoms. The second kappa shape index (κ2) is 8.91. The first-order valence-electron chi connectivity index (χ1n) is 9.19. The third-order valence-corrected chi connectivity index (χ3v) is 4.77. The Morgan fingerprint density at radius 3 is 1.90 bits per heavy atom. The molecule has 2 amide bonds. The van der Waals surface area contributed by atoms with Gasteiger partial charge in [-0.1, -0.05) is 0 Å². The quantitative estimate of drug-likeness (QED) is 0.547. The summed E-state index contributed by atoms with van der Waals surface area (Å²) in [5, 5.41) is 0. The van der Waals surface area contributed by atoms with Gasteiger partial charge >= 0.3 is 26.3 Å². The highest BCUT2D eigenvalue weighted by molar-refractivity contribution is 7.86. The first-order chi connectivity index (χ1) is 14.0. The summed E-state index contributed by atoms with van der Waals surface area (Å²) in [4.78, 5) is 27.4. The molecule has 1 saturated heterocycles. The maximum Gasteiger partial charge on any atom is 0.410 e. The third-order valence-electron chi connectivity index (χ3n) is 3.78. The maximum absolute atomic E-state index is 12.5. The van der Waals surface area contributed by atoms with Crippen molar-refractivity contribution >= 4 is 32.2 Å². The van der Waals surface area contributed by atoms with Gasteiger partial charge in [0.2, 0.25) is 5.91 Å². The fraction of sp³-hybridized carbons (Fsp3) is 0.556. The highest BCUT2D eigenvalue weighted by Gasteiger charge is 2.30. The smallest absolute Gasteiger partial charge is 0.410 e. The van der Waals surface area contributed by atoms with Gasteiger partial charge in [-0.3, -0.25) is 9.69 Å². The predicted molar refractivity (Wildman–Crippen MR) is 111 cm³/mol. The van der Waals surface area contributed by atoms with Crippen molar-refractivity contribution in [2.24, 2.45) is 0 Å². The van der Waals surface area contributed by atoms with Crippen LogP contribution in [0.1, 0.15) is 26.3 Å². The van der Waals surface area contributed by atoms with Gasteiger partial charge in [-0.05, 0) is 38.5 Å². The number of nitrogens with zero attached hydrogens (tertiary/aromatic N) is 2. The van der Waals surface area contributed by atoms with Crippen molar-refractivity contribution in [2.45, 2.75) is 32.9 Å². The van der Waals surface area contributed by atoms with Crippen molar-refractivity contribution < 1.29 is 39.5 Å². The molecule has 174 valence electrons. The van der Waals surface area contributed by atoms with Crippen LogP contribution in [0.3, 0.4) is 0 Å². The van der Waals surface area contributed by atoms with Crippen LogP contribution < -0.4 is 8.37 Å². The van der Waals surface area contributed by atoms with Crippen LogP contribution in [0.15, 0.2) is 18.2 Å². The minimum absolute atomic E-state index is 0.0298. The Bertz CT molecular complexity index is 1010. The number of carbonyl (C=O) groups is 2. The lowest BCUT2D eigenvalue weighted by atomic mass is 10.1. The van der Waals surface area contributed by atoms with E-state index in [1.54, 1.807) is 20.8 Å². The summed E-state index contributed by atoms with van der Waals surface area (Å²) in [5.41, 5.74) is -0.299. The van der Waals surface area contributed by atoms with Gasteiger partial charge in [0.15, 0.2) is 0 Å². The normalized spacial score (nSPS) is 15.6. The van der Waals surface area contributed by atoms with E-state index in [0.29, 0.717) is 5.56 Å². The van der Waals surface area contributed by atoms with E-state index < -0.39 is 31.9 Å². The zero-order chi connectivity index (χ0) is 23.6. The number of rotatable bonds is 6. The van der Waals surface area contributed by atoms with Crippen molar-refractivity contribution in [1.82, 2.24) is 9.80 Å². The zero-order valence-electron chi connectivity index (χ0n) is 17.9. The summed E-state index contributed by atoms with van der Waals surface area (Å²) in [5.74, 6) is -0.658. The van der Waals surface area contributed by atoms with E-state index in [1.807, 2.05) is 0 Å². The molecule has 2 rings (SSSR count). The number of hydrogen-bond donors (Lipinski definition) is 0. The summed E-state index contributed by atoms with van der Waals surface area (Å²) in [7, 11) is -7.75. The lowest BCUT2D eigenvalue weighted by Crippen LogP contribution is -2.52. The summed E-state index contributed by atoms with van der Waals surface area (Å²) < 4.78 is 60.8. The van der Waals surface area contributed by atoms with Gasteiger partial charge < -0.3 is 18.0 Å². The van der Waals surface area contributed by atoms with Crippen molar-refractivity contribution in [3.05, 3.63) is 23.8 Å². The Labute approximate surface area is 182 Å². The van der Waals surface area contributed by atoms with E-state index in [2.05, 4.69) is 0 Å². The number of benzene rings is 1. The fourth-order valence-electron chi connectivity index (χ4n) is 2.75. The largest absolute Gasteiger partial charge is 0.444 e. The van der Waals surface area contributed by atoms with E-state index in [1.165, 1.54) is 21.9 Å². The average molecular weight is 479 g/mol. The van der Waals surface area contributed by atoms with Crippen LogP contribution in [-0.4, -0.2) is 76.4 Å². The molecule has 1 heterocycles. The van der Waals surface area contributed by atoms with Gasteiger partial charge in [0, 0.05) is 25.7 Å². The van der Waals surface area contributed by atoms with Gasteiger partial charge in [0.25, 0.3) is 0 Å². The Balaban J connectivity index is 2.18. The highest BCUT2D eigenvalue weighted by Crippen LogP contribution is 2.26. The molecule has 0 bridgehead atoms. The molecule has 0 saturated carbocycles. The maximum atomic E-state index is 12.5. The molecule has 1 aliphatic rings. The molecule has 0 unspecified atom stereocenters. The summed E-state index contributed by atoms with van der Waals surface area (Å²) in [6.45, 7) is 5.48. The summed E-state index contributed by atoms with van der Waals surface area (Å²) in [6.07, 6.45) is 1.10. The highest BCUT2D eigenvalue weighted by atomic mass is 32.2. The average Bonchev–Trinajstić information content (AvgIpc) is 2.51. The van der Waals surface area contributed by atoms with Gasteiger partial charge in [0.1, 0.15) is 23.6 Å². The number of amides is 2. The van der Waals surface area contributed by atoms with Gasteiger partial charge in [-0.25, -0.2) is 4.79 Å². The van der Waals surface area contributed by atoms with Gasteiger partial charge in [0.05, 0.1) is 12.5 Å². The minimum Gasteiger partial charge on any atom is -0.444 e. The van der Waals surface area contributed by atoms with Crippen LogP contribution in [0.2, 0.25) is 0 Å². The van der Waals surface area contributed by atoms with Crippen molar-refractivity contribution in [3.8, 4) is 11.5 Å². The number of carbonyl (C=O) groups excluding carboxylic acids is 2. The number of piperazine rings is 1. The molecule has 1 fully saturated rings. The minimum atomic E-state index is -3.87. The van der Waals surface area contributed by atoms with E-state index in [9.17, 15) is 26.4 Å². The monoisotopic (exact) mass is 478 g/mol. The van der Waals surface area contributed by atoms with E-state index in [0.717, 1.165) is 18.6 Å². The molecule has 0 N–H and O–H groups in total. The molecule has 0 radical (unpaired) electrons.